The third kappa shape index (κ3) is 3.71. The molecule has 0 bridgehead atoms. The van der Waals surface area contributed by atoms with Crippen molar-refractivity contribution in [1.29, 1.82) is 0 Å². The van der Waals surface area contributed by atoms with Crippen molar-refractivity contribution in [3.63, 3.8) is 0 Å². The van der Waals surface area contributed by atoms with Gasteiger partial charge in [0.25, 0.3) is 0 Å². The normalized spacial score (nSPS) is 10.3. The summed E-state index contributed by atoms with van der Waals surface area (Å²) >= 11 is 11.8. The minimum Gasteiger partial charge on any atom is -0.495 e. The zero-order valence-corrected chi connectivity index (χ0v) is 13.1. The topological polar surface area (TPSA) is 30.5 Å². The first-order chi connectivity index (χ1) is 10.0. The van der Waals surface area contributed by atoms with Gasteiger partial charge in [0.1, 0.15) is 17.3 Å². The lowest BCUT2D eigenvalue weighted by atomic mass is 10.2. The standard InChI is InChI=1S/C15H14Cl2FNO2/c1-20-14-7-15(21-2)13(6-11(14)17)19-8-9-3-4-12(18)10(16)5-9/h3-7,19H,8H2,1-2H3. The number of methoxy groups -OCH3 is 2. The molecule has 0 saturated heterocycles. The van der Waals surface area contributed by atoms with Crippen molar-refractivity contribution in [3.8, 4) is 11.5 Å². The number of hydrogen-bond donors (Lipinski definition) is 1. The Kier molecular flexibility index (Phi) is 5.15. The van der Waals surface area contributed by atoms with E-state index in [1.807, 2.05) is 0 Å². The zero-order chi connectivity index (χ0) is 15.4. The molecule has 1 N–H and O–H groups in total. The summed E-state index contributed by atoms with van der Waals surface area (Å²) in [7, 11) is 3.09. The van der Waals surface area contributed by atoms with Gasteiger partial charge in [0.05, 0.1) is 30.0 Å². The molecule has 6 heteroatoms. The second-order valence-electron chi connectivity index (χ2n) is 4.29. The molecular formula is C15H14Cl2FNO2. The van der Waals surface area contributed by atoms with Crippen LogP contribution in [0.3, 0.4) is 0 Å². The fourth-order valence-electron chi connectivity index (χ4n) is 1.85. The lowest BCUT2D eigenvalue weighted by Crippen LogP contribution is -2.02. The minimum atomic E-state index is -0.439. The van der Waals surface area contributed by atoms with E-state index < -0.39 is 5.82 Å². The molecular weight excluding hydrogens is 316 g/mol. The van der Waals surface area contributed by atoms with Crippen molar-refractivity contribution in [3.05, 3.63) is 51.8 Å². The van der Waals surface area contributed by atoms with E-state index in [4.69, 9.17) is 32.7 Å². The van der Waals surface area contributed by atoms with Crippen molar-refractivity contribution in [1.82, 2.24) is 0 Å². The number of halogens is 3. The van der Waals surface area contributed by atoms with E-state index >= 15 is 0 Å². The minimum absolute atomic E-state index is 0.0917. The van der Waals surface area contributed by atoms with Gasteiger partial charge in [-0.15, -0.1) is 0 Å². The molecule has 112 valence electrons. The Hall–Kier alpha value is -1.65. The molecule has 0 aromatic heterocycles. The molecule has 21 heavy (non-hydrogen) atoms. The van der Waals surface area contributed by atoms with Crippen LogP contribution in [0, 0.1) is 5.82 Å². The molecule has 2 rings (SSSR count). The number of hydrogen-bond acceptors (Lipinski definition) is 3. The Bertz CT molecular complexity index is 650. The van der Waals surface area contributed by atoms with E-state index in [1.165, 1.54) is 13.2 Å². The highest BCUT2D eigenvalue weighted by Gasteiger charge is 2.10. The molecule has 2 aromatic carbocycles. The summed E-state index contributed by atoms with van der Waals surface area (Å²) in [5, 5.41) is 3.74. The predicted molar refractivity (Wildman–Crippen MR) is 83.3 cm³/mol. The summed E-state index contributed by atoms with van der Waals surface area (Å²) in [6.45, 7) is 0.457. The van der Waals surface area contributed by atoms with Crippen LogP contribution in [0.1, 0.15) is 5.56 Å². The first-order valence-corrected chi connectivity index (χ1v) is 6.90. The molecule has 0 aliphatic carbocycles. The van der Waals surface area contributed by atoms with Crippen molar-refractivity contribution in [2.45, 2.75) is 6.54 Å². The summed E-state index contributed by atoms with van der Waals surface area (Å²) in [5.74, 6) is 0.693. The monoisotopic (exact) mass is 329 g/mol. The lowest BCUT2D eigenvalue weighted by Gasteiger charge is -2.14. The lowest BCUT2D eigenvalue weighted by molar-refractivity contribution is 0.395. The average molecular weight is 330 g/mol. The molecule has 0 unspecified atom stereocenters. The van der Waals surface area contributed by atoms with Gasteiger partial charge in [0, 0.05) is 12.6 Å². The van der Waals surface area contributed by atoms with Crippen LogP contribution >= 0.6 is 23.2 Å². The van der Waals surface area contributed by atoms with Crippen LogP contribution in [0.2, 0.25) is 10.0 Å². The van der Waals surface area contributed by atoms with Crippen molar-refractivity contribution >= 4 is 28.9 Å². The van der Waals surface area contributed by atoms with Crippen LogP contribution in [-0.2, 0) is 6.54 Å². The summed E-state index contributed by atoms with van der Waals surface area (Å²) < 4.78 is 23.5. The summed E-state index contributed by atoms with van der Waals surface area (Å²) in [6.07, 6.45) is 0. The SMILES string of the molecule is COc1cc(OC)c(NCc2ccc(F)c(Cl)c2)cc1Cl. The van der Waals surface area contributed by atoms with E-state index in [9.17, 15) is 4.39 Å². The smallest absolute Gasteiger partial charge is 0.145 e. The van der Waals surface area contributed by atoms with E-state index in [1.54, 1.807) is 31.4 Å². The van der Waals surface area contributed by atoms with E-state index in [0.29, 0.717) is 28.8 Å². The third-order valence-corrected chi connectivity index (χ3v) is 3.53. The maximum Gasteiger partial charge on any atom is 0.145 e. The largest absolute Gasteiger partial charge is 0.495 e. The molecule has 0 amide bonds. The molecule has 3 nitrogen and oxygen atoms in total. The number of anilines is 1. The second-order valence-corrected chi connectivity index (χ2v) is 5.10. The second kappa shape index (κ2) is 6.87. The van der Waals surface area contributed by atoms with Gasteiger partial charge in [0.15, 0.2) is 0 Å². The Labute approximate surface area is 132 Å². The van der Waals surface area contributed by atoms with Crippen LogP contribution in [0.25, 0.3) is 0 Å². The molecule has 0 saturated carbocycles. The van der Waals surface area contributed by atoms with Gasteiger partial charge in [-0.25, -0.2) is 4.39 Å². The summed E-state index contributed by atoms with van der Waals surface area (Å²) in [4.78, 5) is 0. The molecule has 0 fully saturated rings. The highest BCUT2D eigenvalue weighted by atomic mass is 35.5. The van der Waals surface area contributed by atoms with Crippen LogP contribution in [0.5, 0.6) is 11.5 Å². The van der Waals surface area contributed by atoms with E-state index in [2.05, 4.69) is 5.32 Å². The molecule has 0 aliphatic rings. The van der Waals surface area contributed by atoms with Gasteiger partial charge in [-0.2, -0.15) is 0 Å². The van der Waals surface area contributed by atoms with Crippen LogP contribution in [0.4, 0.5) is 10.1 Å². The summed E-state index contributed by atoms with van der Waals surface area (Å²) in [6, 6.07) is 7.97. The molecule has 0 aliphatic heterocycles. The third-order valence-electron chi connectivity index (χ3n) is 2.94. The van der Waals surface area contributed by atoms with Gasteiger partial charge in [-0.3, -0.25) is 0 Å². The van der Waals surface area contributed by atoms with Crippen molar-refractivity contribution < 1.29 is 13.9 Å². The molecule has 0 heterocycles. The van der Waals surface area contributed by atoms with Gasteiger partial charge in [-0.05, 0) is 23.8 Å². The molecule has 0 atom stereocenters. The average Bonchev–Trinajstić information content (AvgIpc) is 2.48. The Balaban J connectivity index is 2.19. The Morgan fingerprint density at radius 1 is 1.00 bits per heavy atom. The maximum atomic E-state index is 13.1. The number of rotatable bonds is 5. The van der Waals surface area contributed by atoms with E-state index in [-0.39, 0.29) is 5.02 Å². The van der Waals surface area contributed by atoms with Crippen LogP contribution in [-0.4, -0.2) is 14.2 Å². The van der Waals surface area contributed by atoms with Crippen molar-refractivity contribution in [2.24, 2.45) is 0 Å². The molecule has 2 aromatic rings. The van der Waals surface area contributed by atoms with Crippen LogP contribution in [0.15, 0.2) is 30.3 Å². The highest BCUT2D eigenvalue weighted by Crippen LogP contribution is 2.36. The quantitative estimate of drug-likeness (QED) is 0.857. The Morgan fingerprint density at radius 2 is 1.71 bits per heavy atom. The van der Waals surface area contributed by atoms with E-state index in [0.717, 1.165) is 5.56 Å². The number of benzene rings is 2. The van der Waals surface area contributed by atoms with Gasteiger partial charge in [0.2, 0.25) is 0 Å². The van der Waals surface area contributed by atoms with Crippen molar-refractivity contribution in [2.75, 3.05) is 19.5 Å². The first kappa shape index (κ1) is 15.7. The van der Waals surface area contributed by atoms with Gasteiger partial charge < -0.3 is 14.8 Å². The highest BCUT2D eigenvalue weighted by molar-refractivity contribution is 6.32. The van der Waals surface area contributed by atoms with Gasteiger partial charge in [-0.1, -0.05) is 29.3 Å². The summed E-state index contributed by atoms with van der Waals surface area (Å²) in [5.41, 5.74) is 1.55. The maximum absolute atomic E-state index is 13.1. The molecule has 0 radical (unpaired) electrons. The predicted octanol–water partition coefficient (Wildman–Crippen LogP) is 4.76. The zero-order valence-electron chi connectivity index (χ0n) is 11.5. The van der Waals surface area contributed by atoms with Crippen LogP contribution < -0.4 is 14.8 Å². The fourth-order valence-corrected chi connectivity index (χ4v) is 2.29. The fraction of sp³-hybridized carbons (Fsp3) is 0.200. The first-order valence-electron chi connectivity index (χ1n) is 6.14. The Morgan fingerprint density at radius 3 is 2.33 bits per heavy atom. The van der Waals surface area contributed by atoms with Gasteiger partial charge >= 0.3 is 0 Å². The number of ether oxygens (including phenoxy) is 2. The molecule has 0 spiro atoms. The number of nitrogens with one attached hydrogen (secondary N) is 1.